The van der Waals surface area contributed by atoms with Gasteiger partial charge < -0.3 is 15.2 Å². The van der Waals surface area contributed by atoms with E-state index < -0.39 is 7.12 Å². The van der Waals surface area contributed by atoms with Gasteiger partial charge in [-0.3, -0.25) is 0 Å². The fraction of sp³-hybridized carbons (Fsp3) is 1.00. The maximum Gasteiger partial charge on any atom is 0.448 e. The minimum absolute atomic E-state index is 1.00. The lowest BCUT2D eigenvalue weighted by atomic mass is 9.91. The molecule has 0 aliphatic heterocycles. The SMILES string of the molecule is CB(O)O.CC1CCCCC1.CO. The van der Waals surface area contributed by atoms with Crippen molar-refractivity contribution in [3.05, 3.63) is 0 Å². The van der Waals surface area contributed by atoms with E-state index in [1.54, 1.807) is 0 Å². The lowest BCUT2D eigenvalue weighted by molar-refractivity contribution is 0.385. The molecule has 0 radical (unpaired) electrons. The summed E-state index contributed by atoms with van der Waals surface area (Å²) in [5.74, 6) is 1.04. The van der Waals surface area contributed by atoms with Crippen LogP contribution in [0.1, 0.15) is 39.0 Å². The van der Waals surface area contributed by atoms with E-state index in [1.807, 2.05) is 0 Å². The molecule has 1 saturated carbocycles. The molecule has 0 atom stereocenters. The van der Waals surface area contributed by atoms with Gasteiger partial charge in [0.1, 0.15) is 0 Å². The van der Waals surface area contributed by atoms with Crippen molar-refractivity contribution < 1.29 is 15.2 Å². The Morgan fingerprint density at radius 3 is 1.46 bits per heavy atom. The molecule has 1 fully saturated rings. The van der Waals surface area contributed by atoms with Gasteiger partial charge in [-0.15, -0.1) is 0 Å². The molecule has 0 saturated heterocycles. The van der Waals surface area contributed by atoms with E-state index in [0.717, 1.165) is 13.0 Å². The van der Waals surface area contributed by atoms with Gasteiger partial charge in [-0.1, -0.05) is 39.0 Å². The maximum absolute atomic E-state index is 7.61. The van der Waals surface area contributed by atoms with Gasteiger partial charge in [-0.05, 0) is 12.7 Å². The van der Waals surface area contributed by atoms with Gasteiger partial charge in [0.05, 0.1) is 0 Å². The first kappa shape index (κ1) is 15.4. The quantitative estimate of drug-likeness (QED) is 0.504. The van der Waals surface area contributed by atoms with Crippen LogP contribution in [0.4, 0.5) is 0 Å². The van der Waals surface area contributed by atoms with Crippen LogP contribution in [0.3, 0.4) is 0 Å². The number of aliphatic hydroxyl groups excluding tert-OH is 1. The van der Waals surface area contributed by atoms with Gasteiger partial charge in [0.15, 0.2) is 0 Å². The van der Waals surface area contributed by atoms with E-state index in [0.29, 0.717) is 0 Å². The number of aliphatic hydroxyl groups is 1. The third kappa shape index (κ3) is 18.7. The van der Waals surface area contributed by atoms with E-state index in [4.69, 9.17) is 15.2 Å². The zero-order valence-electron chi connectivity index (χ0n) is 9.03. The minimum Gasteiger partial charge on any atom is -0.427 e. The highest BCUT2D eigenvalue weighted by molar-refractivity contribution is 6.38. The molecule has 0 aromatic rings. The summed E-state index contributed by atoms with van der Waals surface area (Å²) in [5, 5.41) is 22.2. The molecule has 0 aromatic carbocycles. The van der Waals surface area contributed by atoms with Gasteiger partial charge in [-0.2, -0.15) is 0 Å². The Morgan fingerprint density at radius 1 is 1.00 bits per heavy atom. The molecule has 3 nitrogen and oxygen atoms in total. The second kappa shape index (κ2) is 11.9. The normalized spacial score (nSPS) is 16.2. The minimum atomic E-state index is -1.17. The fourth-order valence-electron chi connectivity index (χ4n) is 1.31. The van der Waals surface area contributed by atoms with Crippen molar-refractivity contribution in [2.75, 3.05) is 7.11 Å². The van der Waals surface area contributed by atoms with Crippen LogP contribution in [0.2, 0.25) is 6.82 Å². The van der Waals surface area contributed by atoms with Crippen LogP contribution < -0.4 is 0 Å². The highest BCUT2D eigenvalue weighted by atomic mass is 16.4. The van der Waals surface area contributed by atoms with Crippen LogP contribution in [-0.4, -0.2) is 29.4 Å². The Morgan fingerprint density at radius 2 is 1.31 bits per heavy atom. The van der Waals surface area contributed by atoms with E-state index in [9.17, 15) is 0 Å². The van der Waals surface area contributed by atoms with Crippen molar-refractivity contribution in [3.63, 3.8) is 0 Å². The Hall–Kier alpha value is -0.0551. The molecule has 80 valence electrons. The molecule has 4 heteroatoms. The summed E-state index contributed by atoms with van der Waals surface area (Å²) < 4.78 is 0. The van der Waals surface area contributed by atoms with E-state index in [2.05, 4.69) is 6.92 Å². The lowest BCUT2D eigenvalue weighted by Gasteiger charge is -2.15. The van der Waals surface area contributed by atoms with Gasteiger partial charge in [0, 0.05) is 7.11 Å². The standard InChI is InChI=1S/C7H14.CH5BO2.CH4O/c1-7-5-3-2-4-6-7;1-2(3)4;1-2/h7H,2-6H2,1H3;3-4H,1H3;2H,1H3. The molecule has 1 aliphatic rings. The molecular weight excluding hydrogens is 167 g/mol. The molecule has 0 bridgehead atoms. The number of rotatable bonds is 0. The van der Waals surface area contributed by atoms with Crippen LogP contribution in [0, 0.1) is 5.92 Å². The van der Waals surface area contributed by atoms with Crippen LogP contribution >= 0.6 is 0 Å². The van der Waals surface area contributed by atoms with Gasteiger partial charge in [0.2, 0.25) is 0 Å². The largest absolute Gasteiger partial charge is 0.448 e. The predicted octanol–water partition coefficient (Wildman–Crippen LogP) is 1.28. The Labute approximate surface area is 81.9 Å². The van der Waals surface area contributed by atoms with Crippen LogP contribution in [0.15, 0.2) is 0 Å². The molecule has 0 amide bonds. The number of hydrogen-bond acceptors (Lipinski definition) is 3. The summed E-state index contributed by atoms with van der Waals surface area (Å²) in [6, 6.07) is 0. The molecule has 0 unspecified atom stereocenters. The molecule has 1 aliphatic carbocycles. The summed E-state index contributed by atoms with van der Waals surface area (Å²) in [4.78, 5) is 0. The maximum atomic E-state index is 7.61. The Bertz CT molecular complexity index is 80.2. The molecule has 0 spiro atoms. The summed E-state index contributed by atoms with van der Waals surface area (Å²) in [6.07, 6.45) is 7.44. The van der Waals surface area contributed by atoms with Crippen molar-refractivity contribution >= 4 is 7.12 Å². The van der Waals surface area contributed by atoms with Crippen molar-refractivity contribution in [3.8, 4) is 0 Å². The zero-order chi connectivity index (χ0) is 10.7. The topological polar surface area (TPSA) is 60.7 Å². The highest BCUT2D eigenvalue weighted by Gasteiger charge is 2.05. The molecule has 13 heavy (non-hydrogen) atoms. The average Bonchev–Trinajstić information content (AvgIpc) is 2.08. The van der Waals surface area contributed by atoms with Gasteiger partial charge in [-0.25, -0.2) is 0 Å². The summed E-state index contributed by atoms with van der Waals surface area (Å²) in [6.45, 7) is 3.64. The van der Waals surface area contributed by atoms with Crippen molar-refractivity contribution in [1.82, 2.24) is 0 Å². The van der Waals surface area contributed by atoms with E-state index in [1.165, 1.54) is 38.9 Å². The summed E-state index contributed by atoms with van der Waals surface area (Å²) in [5.41, 5.74) is 0. The van der Waals surface area contributed by atoms with Crippen molar-refractivity contribution in [2.45, 2.75) is 45.9 Å². The smallest absolute Gasteiger partial charge is 0.427 e. The molecule has 1 rings (SSSR count). The third-order valence-electron chi connectivity index (χ3n) is 1.89. The molecule has 3 N–H and O–H groups in total. The first-order valence-corrected chi connectivity index (χ1v) is 4.93. The van der Waals surface area contributed by atoms with Crippen LogP contribution in [-0.2, 0) is 0 Å². The van der Waals surface area contributed by atoms with Crippen LogP contribution in [0.25, 0.3) is 0 Å². The second-order valence-corrected chi connectivity index (χ2v) is 3.38. The molecule has 0 heterocycles. The van der Waals surface area contributed by atoms with Crippen molar-refractivity contribution in [1.29, 1.82) is 0 Å². The van der Waals surface area contributed by atoms with Gasteiger partial charge >= 0.3 is 7.12 Å². The first-order valence-electron chi connectivity index (χ1n) is 4.93. The summed E-state index contributed by atoms with van der Waals surface area (Å²) >= 11 is 0. The fourth-order valence-corrected chi connectivity index (χ4v) is 1.31. The summed E-state index contributed by atoms with van der Waals surface area (Å²) in [7, 11) is -0.167. The lowest BCUT2D eigenvalue weighted by Crippen LogP contribution is -2.00. The Kier molecular flexibility index (Phi) is 14.2. The van der Waals surface area contributed by atoms with E-state index in [-0.39, 0.29) is 0 Å². The Balaban J connectivity index is 0. The zero-order valence-corrected chi connectivity index (χ0v) is 9.03. The van der Waals surface area contributed by atoms with Crippen LogP contribution in [0.5, 0.6) is 0 Å². The number of hydrogen-bond donors (Lipinski definition) is 3. The monoisotopic (exact) mass is 190 g/mol. The van der Waals surface area contributed by atoms with Crippen molar-refractivity contribution in [2.24, 2.45) is 5.92 Å². The third-order valence-corrected chi connectivity index (χ3v) is 1.89. The van der Waals surface area contributed by atoms with E-state index >= 15 is 0 Å². The molecule has 0 aromatic heterocycles. The highest BCUT2D eigenvalue weighted by Crippen LogP contribution is 2.21. The van der Waals surface area contributed by atoms with Gasteiger partial charge in [0.25, 0.3) is 0 Å². The average molecular weight is 190 g/mol. The second-order valence-electron chi connectivity index (χ2n) is 3.38. The predicted molar refractivity (Wildman–Crippen MR) is 56.4 cm³/mol. The first-order chi connectivity index (χ1) is 6.13. The molecular formula is C9H23BO3.